The molecule has 7 nitrogen and oxygen atoms in total. The highest BCUT2D eigenvalue weighted by Gasteiger charge is 2.19. The van der Waals surface area contributed by atoms with E-state index in [0.29, 0.717) is 25.3 Å². The van der Waals surface area contributed by atoms with Gasteiger partial charge in [0.2, 0.25) is 5.91 Å². The van der Waals surface area contributed by atoms with E-state index >= 15 is 0 Å². The summed E-state index contributed by atoms with van der Waals surface area (Å²) in [6.45, 7) is 4.47. The number of anilines is 2. The smallest absolute Gasteiger partial charge is 0.319 e. The molecule has 2 aromatic rings. The Kier molecular flexibility index (Phi) is 6.41. The van der Waals surface area contributed by atoms with Gasteiger partial charge >= 0.3 is 6.03 Å². The van der Waals surface area contributed by atoms with Crippen molar-refractivity contribution in [1.82, 2.24) is 15.2 Å². The lowest BCUT2D eigenvalue weighted by atomic mass is 10.2. The van der Waals surface area contributed by atoms with Crippen LogP contribution in [0, 0.1) is 5.82 Å². The van der Waals surface area contributed by atoms with E-state index in [2.05, 4.69) is 20.5 Å². The fraction of sp³-hybridized carbons (Fsp3) is 0.350. The number of hydrogen-bond donors (Lipinski definition) is 2. The average Bonchev–Trinajstić information content (AvgIpc) is 2.94. The van der Waals surface area contributed by atoms with Crippen molar-refractivity contribution in [3.63, 3.8) is 0 Å². The highest BCUT2D eigenvalue weighted by molar-refractivity contribution is 5.93. The molecule has 0 spiro atoms. The molecule has 1 aromatic heterocycles. The second-order valence-corrected chi connectivity index (χ2v) is 6.64. The van der Waals surface area contributed by atoms with Crippen molar-refractivity contribution in [3.8, 4) is 0 Å². The van der Waals surface area contributed by atoms with Gasteiger partial charge in [-0.3, -0.25) is 9.78 Å². The Balaban J connectivity index is 1.68. The van der Waals surface area contributed by atoms with Gasteiger partial charge in [0.15, 0.2) is 0 Å². The summed E-state index contributed by atoms with van der Waals surface area (Å²) in [6.07, 6.45) is 2.46. The third kappa shape index (κ3) is 5.18. The zero-order valence-electron chi connectivity index (χ0n) is 15.8. The highest BCUT2D eigenvalue weighted by atomic mass is 19.1. The number of aromatic nitrogens is 1. The summed E-state index contributed by atoms with van der Waals surface area (Å²) in [7, 11) is 0. The van der Waals surface area contributed by atoms with Gasteiger partial charge in [-0.1, -0.05) is 6.07 Å². The summed E-state index contributed by atoms with van der Waals surface area (Å²) < 4.78 is 13.8. The fourth-order valence-electron chi connectivity index (χ4n) is 3.20. The first-order valence-electron chi connectivity index (χ1n) is 9.27. The van der Waals surface area contributed by atoms with Crippen LogP contribution in [0.15, 0.2) is 42.6 Å². The molecular formula is C20H24FN5O2. The SMILES string of the molecule is CC(=O)N1CCCN(c2ccc(F)cc2NC(=O)NCc2ccccn2)CC1. The number of carbonyl (C=O) groups is 2. The molecule has 1 aliphatic heterocycles. The minimum absolute atomic E-state index is 0.0493. The Morgan fingerprint density at radius 3 is 2.75 bits per heavy atom. The van der Waals surface area contributed by atoms with E-state index in [9.17, 15) is 14.0 Å². The lowest BCUT2D eigenvalue weighted by Gasteiger charge is -2.26. The van der Waals surface area contributed by atoms with Crippen molar-refractivity contribution in [3.05, 3.63) is 54.1 Å². The zero-order valence-corrected chi connectivity index (χ0v) is 15.8. The number of urea groups is 1. The van der Waals surface area contributed by atoms with Crippen LogP contribution >= 0.6 is 0 Å². The Bertz CT molecular complexity index is 831. The van der Waals surface area contributed by atoms with Crippen molar-refractivity contribution in [2.75, 3.05) is 36.4 Å². The van der Waals surface area contributed by atoms with Gasteiger partial charge in [0.25, 0.3) is 0 Å². The monoisotopic (exact) mass is 385 g/mol. The molecule has 28 heavy (non-hydrogen) atoms. The van der Waals surface area contributed by atoms with E-state index < -0.39 is 11.8 Å². The molecule has 0 aliphatic carbocycles. The Morgan fingerprint density at radius 1 is 1.14 bits per heavy atom. The Hall–Kier alpha value is -3.16. The van der Waals surface area contributed by atoms with Gasteiger partial charge in [-0.05, 0) is 36.8 Å². The van der Waals surface area contributed by atoms with Gasteiger partial charge in [0.1, 0.15) is 5.82 Å². The van der Waals surface area contributed by atoms with E-state index in [-0.39, 0.29) is 12.5 Å². The summed E-state index contributed by atoms with van der Waals surface area (Å²) in [5.41, 5.74) is 1.86. The summed E-state index contributed by atoms with van der Waals surface area (Å²) >= 11 is 0. The largest absolute Gasteiger partial charge is 0.368 e. The predicted molar refractivity (Wildman–Crippen MR) is 106 cm³/mol. The number of carbonyl (C=O) groups excluding carboxylic acids is 2. The van der Waals surface area contributed by atoms with Crippen LogP contribution in [0.1, 0.15) is 19.0 Å². The molecule has 2 heterocycles. The van der Waals surface area contributed by atoms with Crippen LogP contribution in [0.5, 0.6) is 0 Å². The third-order valence-corrected chi connectivity index (χ3v) is 4.64. The fourth-order valence-corrected chi connectivity index (χ4v) is 3.20. The van der Waals surface area contributed by atoms with Crippen LogP contribution in [0.4, 0.5) is 20.6 Å². The second kappa shape index (κ2) is 9.16. The van der Waals surface area contributed by atoms with Crippen molar-refractivity contribution in [2.45, 2.75) is 19.9 Å². The van der Waals surface area contributed by atoms with E-state index in [1.807, 2.05) is 12.1 Å². The van der Waals surface area contributed by atoms with E-state index in [1.54, 1.807) is 30.2 Å². The zero-order chi connectivity index (χ0) is 19.9. The van der Waals surface area contributed by atoms with E-state index in [0.717, 1.165) is 24.3 Å². The first-order valence-corrected chi connectivity index (χ1v) is 9.27. The number of nitrogens with zero attached hydrogens (tertiary/aromatic N) is 3. The molecule has 3 amide bonds. The van der Waals surface area contributed by atoms with Gasteiger partial charge in [0, 0.05) is 39.3 Å². The lowest BCUT2D eigenvalue weighted by Crippen LogP contribution is -2.34. The maximum Gasteiger partial charge on any atom is 0.319 e. The van der Waals surface area contributed by atoms with E-state index in [4.69, 9.17) is 0 Å². The molecule has 0 bridgehead atoms. The van der Waals surface area contributed by atoms with Gasteiger partial charge in [-0.2, -0.15) is 0 Å². The standard InChI is InChI=1S/C20H24FN5O2/c1-15(27)25-9-4-10-26(12-11-25)19-7-6-16(21)13-18(19)24-20(28)23-14-17-5-2-3-8-22-17/h2-3,5-8,13H,4,9-12,14H2,1H3,(H2,23,24,28). The van der Waals surface area contributed by atoms with Gasteiger partial charge < -0.3 is 20.4 Å². The van der Waals surface area contributed by atoms with Crippen LogP contribution in [0.25, 0.3) is 0 Å². The molecule has 1 fully saturated rings. The second-order valence-electron chi connectivity index (χ2n) is 6.64. The van der Waals surface area contributed by atoms with Gasteiger partial charge in [-0.25, -0.2) is 9.18 Å². The number of halogens is 1. The molecule has 0 radical (unpaired) electrons. The number of benzene rings is 1. The van der Waals surface area contributed by atoms with Crippen LogP contribution in [-0.2, 0) is 11.3 Å². The van der Waals surface area contributed by atoms with Gasteiger partial charge in [0.05, 0.1) is 23.6 Å². The van der Waals surface area contributed by atoms with Crippen LogP contribution < -0.4 is 15.5 Å². The third-order valence-electron chi connectivity index (χ3n) is 4.64. The van der Waals surface area contributed by atoms with Gasteiger partial charge in [-0.15, -0.1) is 0 Å². The first kappa shape index (κ1) is 19.6. The Morgan fingerprint density at radius 2 is 2.00 bits per heavy atom. The topological polar surface area (TPSA) is 77.6 Å². The molecule has 0 unspecified atom stereocenters. The molecule has 148 valence electrons. The molecule has 1 aromatic carbocycles. The van der Waals surface area contributed by atoms with Crippen molar-refractivity contribution in [2.24, 2.45) is 0 Å². The van der Waals surface area contributed by atoms with Crippen LogP contribution in [-0.4, -0.2) is 48.0 Å². The maximum atomic E-state index is 13.8. The number of hydrogen-bond acceptors (Lipinski definition) is 4. The first-order chi connectivity index (χ1) is 13.5. The number of amides is 3. The summed E-state index contributed by atoms with van der Waals surface area (Å²) in [5, 5.41) is 5.46. The van der Waals surface area contributed by atoms with Crippen molar-refractivity contribution in [1.29, 1.82) is 0 Å². The number of rotatable bonds is 4. The predicted octanol–water partition coefficient (Wildman–Crippen LogP) is 2.60. The van der Waals surface area contributed by atoms with Crippen LogP contribution in [0.2, 0.25) is 0 Å². The quantitative estimate of drug-likeness (QED) is 0.848. The normalized spacial score (nSPS) is 14.4. The minimum Gasteiger partial charge on any atom is -0.368 e. The summed E-state index contributed by atoms with van der Waals surface area (Å²) in [6, 6.07) is 9.37. The van der Waals surface area contributed by atoms with E-state index in [1.165, 1.54) is 12.1 Å². The van der Waals surface area contributed by atoms with Crippen LogP contribution in [0.3, 0.4) is 0 Å². The molecule has 2 N–H and O–H groups in total. The molecule has 1 aliphatic rings. The number of nitrogens with one attached hydrogen (secondary N) is 2. The molecule has 0 saturated carbocycles. The molecule has 1 saturated heterocycles. The molecular weight excluding hydrogens is 361 g/mol. The van der Waals surface area contributed by atoms with Crippen molar-refractivity contribution < 1.29 is 14.0 Å². The highest BCUT2D eigenvalue weighted by Crippen LogP contribution is 2.28. The Labute approximate surface area is 163 Å². The molecule has 0 atom stereocenters. The molecule has 8 heteroatoms. The number of pyridine rings is 1. The summed E-state index contributed by atoms with van der Waals surface area (Å²) in [5.74, 6) is -0.378. The summed E-state index contributed by atoms with van der Waals surface area (Å²) in [4.78, 5) is 31.9. The molecule has 3 rings (SSSR count). The lowest BCUT2D eigenvalue weighted by molar-refractivity contribution is -0.128. The maximum absolute atomic E-state index is 13.8. The average molecular weight is 385 g/mol. The minimum atomic E-state index is -0.433. The van der Waals surface area contributed by atoms with Crippen molar-refractivity contribution >= 4 is 23.3 Å².